The highest BCUT2D eigenvalue weighted by atomic mass is 16.3. The normalized spacial score (nSPS) is 16.6. The maximum Gasteiger partial charge on any atom is 0.254 e. The Labute approximate surface area is 113 Å². The van der Waals surface area contributed by atoms with Gasteiger partial charge in [0.15, 0.2) is 0 Å². The highest BCUT2D eigenvalue weighted by Gasteiger charge is 2.22. The first kappa shape index (κ1) is 13.8. The number of phenolic OH excluding ortho intramolecular Hbond substituents is 1. The molecule has 0 spiro atoms. The Bertz CT molecular complexity index is 454. The molecule has 5 nitrogen and oxygen atoms in total. The number of piperazine rings is 1. The minimum atomic E-state index is 0.0462. The van der Waals surface area contributed by atoms with E-state index in [-0.39, 0.29) is 11.7 Å². The van der Waals surface area contributed by atoms with E-state index in [1.165, 1.54) is 0 Å². The molecule has 1 fully saturated rings. The van der Waals surface area contributed by atoms with E-state index in [0.29, 0.717) is 12.1 Å². The number of carbonyl (C=O) groups is 1. The number of nitrogens with two attached hydrogens (primary N) is 1. The molecule has 0 bridgehead atoms. The minimum absolute atomic E-state index is 0.0462. The maximum absolute atomic E-state index is 12.4. The van der Waals surface area contributed by atoms with Crippen molar-refractivity contribution in [2.45, 2.75) is 6.92 Å². The Kier molecular flexibility index (Phi) is 4.39. The largest absolute Gasteiger partial charge is 0.508 e. The van der Waals surface area contributed by atoms with Crippen LogP contribution < -0.4 is 5.73 Å². The van der Waals surface area contributed by atoms with Gasteiger partial charge in [-0.1, -0.05) is 0 Å². The van der Waals surface area contributed by atoms with E-state index >= 15 is 0 Å². The second-order valence-corrected chi connectivity index (χ2v) is 4.92. The van der Waals surface area contributed by atoms with Crippen molar-refractivity contribution in [3.05, 3.63) is 29.3 Å². The molecule has 2 rings (SSSR count). The molecule has 0 saturated carbocycles. The van der Waals surface area contributed by atoms with Crippen LogP contribution in [0.3, 0.4) is 0 Å². The molecule has 1 heterocycles. The number of nitrogens with zero attached hydrogens (tertiary/aromatic N) is 2. The van der Waals surface area contributed by atoms with Gasteiger partial charge in [0.2, 0.25) is 0 Å². The van der Waals surface area contributed by atoms with E-state index in [0.717, 1.165) is 38.3 Å². The molecule has 0 unspecified atom stereocenters. The van der Waals surface area contributed by atoms with Gasteiger partial charge in [0.05, 0.1) is 0 Å². The van der Waals surface area contributed by atoms with Crippen molar-refractivity contribution in [3.63, 3.8) is 0 Å². The Morgan fingerprint density at radius 1 is 1.32 bits per heavy atom. The van der Waals surface area contributed by atoms with Gasteiger partial charge in [0, 0.05) is 44.8 Å². The van der Waals surface area contributed by atoms with Crippen LogP contribution in [-0.2, 0) is 0 Å². The predicted octanol–water partition coefficient (Wildman–Crippen LogP) is 0.417. The Hall–Kier alpha value is -1.59. The van der Waals surface area contributed by atoms with Crippen LogP contribution in [0.15, 0.2) is 18.2 Å². The summed E-state index contributed by atoms with van der Waals surface area (Å²) >= 11 is 0. The van der Waals surface area contributed by atoms with Gasteiger partial charge in [-0.25, -0.2) is 0 Å². The van der Waals surface area contributed by atoms with E-state index in [4.69, 9.17) is 5.73 Å². The molecule has 0 radical (unpaired) electrons. The number of aromatic hydroxyl groups is 1. The van der Waals surface area contributed by atoms with E-state index in [2.05, 4.69) is 4.90 Å². The van der Waals surface area contributed by atoms with E-state index in [1.807, 2.05) is 11.8 Å². The topological polar surface area (TPSA) is 69.8 Å². The SMILES string of the molecule is Cc1cc(O)ccc1C(=O)N1CCN(CCN)CC1. The van der Waals surface area contributed by atoms with Crippen LogP contribution in [0.1, 0.15) is 15.9 Å². The lowest BCUT2D eigenvalue weighted by atomic mass is 10.1. The number of hydrogen-bond acceptors (Lipinski definition) is 4. The number of amides is 1. The minimum Gasteiger partial charge on any atom is -0.508 e. The number of aryl methyl sites for hydroxylation is 1. The standard InChI is InChI=1S/C14H21N3O2/c1-11-10-12(18)2-3-13(11)14(19)17-8-6-16(5-4-15)7-9-17/h2-3,10,18H,4-9,15H2,1H3. The van der Waals surface area contributed by atoms with Gasteiger partial charge in [-0.05, 0) is 30.7 Å². The van der Waals surface area contributed by atoms with Crippen LogP contribution in [-0.4, -0.2) is 60.1 Å². The zero-order chi connectivity index (χ0) is 13.8. The number of phenols is 1. The predicted molar refractivity (Wildman–Crippen MR) is 74.2 cm³/mol. The van der Waals surface area contributed by atoms with E-state index in [9.17, 15) is 9.90 Å². The number of carbonyl (C=O) groups excluding carboxylic acids is 1. The highest BCUT2D eigenvalue weighted by molar-refractivity contribution is 5.95. The average Bonchev–Trinajstić information content (AvgIpc) is 2.39. The van der Waals surface area contributed by atoms with E-state index in [1.54, 1.807) is 18.2 Å². The fourth-order valence-corrected chi connectivity index (χ4v) is 2.42. The maximum atomic E-state index is 12.4. The Balaban J connectivity index is 2.01. The second kappa shape index (κ2) is 6.04. The zero-order valence-corrected chi connectivity index (χ0v) is 11.3. The molecule has 0 aliphatic carbocycles. The highest BCUT2D eigenvalue weighted by Crippen LogP contribution is 2.18. The third-order valence-corrected chi connectivity index (χ3v) is 3.55. The van der Waals surface area contributed by atoms with Crippen LogP contribution in [0.5, 0.6) is 5.75 Å². The van der Waals surface area contributed by atoms with Crippen LogP contribution >= 0.6 is 0 Å². The lowest BCUT2D eigenvalue weighted by molar-refractivity contribution is 0.0640. The molecule has 19 heavy (non-hydrogen) atoms. The van der Waals surface area contributed by atoms with Gasteiger partial charge in [-0.15, -0.1) is 0 Å². The first-order chi connectivity index (χ1) is 9.11. The fraction of sp³-hybridized carbons (Fsp3) is 0.500. The first-order valence-electron chi connectivity index (χ1n) is 6.63. The van der Waals surface area contributed by atoms with Crippen LogP contribution in [0, 0.1) is 6.92 Å². The summed E-state index contributed by atoms with van der Waals surface area (Å²) in [6.45, 7) is 6.61. The van der Waals surface area contributed by atoms with Crippen molar-refractivity contribution in [1.29, 1.82) is 0 Å². The molecule has 5 heteroatoms. The smallest absolute Gasteiger partial charge is 0.254 e. The molecule has 1 aromatic carbocycles. The van der Waals surface area contributed by atoms with Crippen molar-refractivity contribution in [2.24, 2.45) is 5.73 Å². The van der Waals surface area contributed by atoms with Crippen molar-refractivity contribution in [1.82, 2.24) is 9.80 Å². The summed E-state index contributed by atoms with van der Waals surface area (Å²) in [4.78, 5) is 16.5. The third kappa shape index (κ3) is 3.24. The Morgan fingerprint density at radius 2 is 2.00 bits per heavy atom. The summed E-state index contributed by atoms with van der Waals surface area (Å²) in [7, 11) is 0. The fourth-order valence-electron chi connectivity index (χ4n) is 2.42. The summed E-state index contributed by atoms with van der Waals surface area (Å²) < 4.78 is 0. The van der Waals surface area contributed by atoms with E-state index < -0.39 is 0 Å². The van der Waals surface area contributed by atoms with Gasteiger partial charge >= 0.3 is 0 Å². The van der Waals surface area contributed by atoms with Crippen molar-refractivity contribution in [2.75, 3.05) is 39.3 Å². The van der Waals surface area contributed by atoms with Gasteiger partial charge in [-0.3, -0.25) is 9.69 Å². The molecule has 3 N–H and O–H groups in total. The first-order valence-corrected chi connectivity index (χ1v) is 6.63. The van der Waals surface area contributed by atoms with Crippen molar-refractivity contribution in [3.8, 4) is 5.75 Å². The Morgan fingerprint density at radius 3 is 2.58 bits per heavy atom. The molecule has 0 atom stereocenters. The number of hydrogen-bond donors (Lipinski definition) is 2. The van der Waals surface area contributed by atoms with Gasteiger partial charge in [0.25, 0.3) is 5.91 Å². The molecular formula is C14H21N3O2. The lowest BCUT2D eigenvalue weighted by Crippen LogP contribution is -2.49. The van der Waals surface area contributed by atoms with Crippen LogP contribution in [0.2, 0.25) is 0 Å². The third-order valence-electron chi connectivity index (χ3n) is 3.55. The summed E-state index contributed by atoms with van der Waals surface area (Å²) in [5.41, 5.74) is 7.02. The van der Waals surface area contributed by atoms with Crippen molar-refractivity contribution < 1.29 is 9.90 Å². The second-order valence-electron chi connectivity index (χ2n) is 4.92. The van der Waals surface area contributed by atoms with Crippen molar-refractivity contribution >= 4 is 5.91 Å². The summed E-state index contributed by atoms with van der Waals surface area (Å²) in [5.74, 6) is 0.242. The monoisotopic (exact) mass is 263 g/mol. The van der Waals surface area contributed by atoms with Crippen LogP contribution in [0.4, 0.5) is 0 Å². The zero-order valence-electron chi connectivity index (χ0n) is 11.3. The van der Waals surface area contributed by atoms with Gasteiger partial charge < -0.3 is 15.7 Å². The molecule has 1 saturated heterocycles. The summed E-state index contributed by atoms with van der Waals surface area (Å²) in [6.07, 6.45) is 0. The average molecular weight is 263 g/mol. The summed E-state index contributed by atoms with van der Waals surface area (Å²) in [6, 6.07) is 4.88. The van der Waals surface area contributed by atoms with Gasteiger partial charge in [0.1, 0.15) is 5.75 Å². The number of benzene rings is 1. The molecule has 1 aromatic rings. The number of rotatable bonds is 3. The molecular weight excluding hydrogens is 242 g/mol. The molecule has 1 aliphatic heterocycles. The van der Waals surface area contributed by atoms with Gasteiger partial charge in [-0.2, -0.15) is 0 Å². The quantitative estimate of drug-likeness (QED) is 0.829. The molecule has 104 valence electrons. The lowest BCUT2D eigenvalue weighted by Gasteiger charge is -2.34. The molecule has 1 aliphatic rings. The molecule has 1 amide bonds. The van der Waals surface area contributed by atoms with Crippen LogP contribution in [0.25, 0.3) is 0 Å². The summed E-state index contributed by atoms with van der Waals surface area (Å²) in [5, 5.41) is 9.38. The molecule has 0 aromatic heterocycles.